The van der Waals surface area contributed by atoms with E-state index in [2.05, 4.69) is 38.1 Å². The molecular formula is C18H30N2O. The van der Waals surface area contributed by atoms with Gasteiger partial charge in [-0.05, 0) is 43.2 Å². The molecule has 21 heavy (non-hydrogen) atoms. The lowest BCUT2D eigenvalue weighted by Crippen LogP contribution is -2.31. The van der Waals surface area contributed by atoms with E-state index in [-0.39, 0.29) is 5.91 Å². The average molecular weight is 290 g/mol. The number of hydrogen-bond acceptors (Lipinski definition) is 2. The fourth-order valence-corrected chi connectivity index (χ4v) is 2.62. The van der Waals surface area contributed by atoms with E-state index in [4.69, 9.17) is 5.73 Å². The molecule has 0 aromatic heterocycles. The maximum atomic E-state index is 12.2. The zero-order chi connectivity index (χ0) is 15.7. The molecule has 0 bridgehead atoms. The molecule has 3 nitrogen and oxygen atoms in total. The zero-order valence-electron chi connectivity index (χ0n) is 13.7. The summed E-state index contributed by atoms with van der Waals surface area (Å²) >= 11 is 0. The first kappa shape index (κ1) is 17.7. The lowest BCUT2D eigenvalue weighted by molar-refractivity contribution is -0.131. The van der Waals surface area contributed by atoms with Crippen molar-refractivity contribution in [2.45, 2.75) is 39.5 Å². The molecule has 0 fully saturated rings. The van der Waals surface area contributed by atoms with E-state index in [0.717, 1.165) is 25.8 Å². The summed E-state index contributed by atoms with van der Waals surface area (Å²) in [6.45, 7) is 5.77. The molecule has 1 amide bonds. The Kier molecular flexibility index (Phi) is 8.06. The molecule has 2 N–H and O–H groups in total. The second kappa shape index (κ2) is 9.56. The van der Waals surface area contributed by atoms with Gasteiger partial charge in [-0.15, -0.1) is 0 Å². The fraction of sp³-hybridized carbons (Fsp3) is 0.611. The molecule has 1 rings (SSSR count). The Labute approximate surface area is 129 Å². The number of carbonyl (C=O) groups is 1. The van der Waals surface area contributed by atoms with Gasteiger partial charge in [-0.2, -0.15) is 0 Å². The van der Waals surface area contributed by atoms with Crippen molar-refractivity contribution in [1.82, 2.24) is 4.90 Å². The van der Waals surface area contributed by atoms with Crippen LogP contribution in [0.3, 0.4) is 0 Å². The highest BCUT2D eigenvalue weighted by atomic mass is 16.2. The maximum Gasteiger partial charge on any atom is 0.222 e. The van der Waals surface area contributed by atoms with Gasteiger partial charge in [-0.1, -0.05) is 44.2 Å². The molecular weight excluding hydrogens is 260 g/mol. The number of hydrogen-bond donors (Lipinski definition) is 1. The van der Waals surface area contributed by atoms with Gasteiger partial charge in [0, 0.05) is 20.0 Å². The van der Waals surface area contributed by atoms with Crippen LogP contribution in [0.4, 0.5) is 0 Å². The van der Waals surface area contributed by atoms with Crippen molar-refractivity contribution >= 4 is 5.91 Å². The van der Waals surface area contributed by atoms with Crippen LogP contribution in [0.5, 0.6) is 0 Å². The summed E-state index contributed by atoms with van der Waals surface area (Å²) in [5, 5.41) is 0. The molecule has 1 aromatic rings. The van der Waals surface area contributed by atoms with Crippen molar-refractivity contribution in [2.24, 2.45) is 17.6 Å². The maximum absolute atomic E-state index is 12.2. The van der Waals surface area contributed by atoms with E-state index in [1.807, 2.05) is 18.0 Å². The third kappa shape index (κ3) is 7.28. The van der Waals surface area contributed by atoms with E-state index in [1.165, 1.54) is 5.56 Å². The topological polar surface area (TPSA) is 46.3 Å². The van der Waals surface area contributed by atoms with Crippen molar-refractivity contribution in [3.8, 4) is 0 Å². The van der Waals surface area contributed by atoms with Crippen LogP contribution < -0.4 is 5.73 Å². The third-order valence-electron chi connectivity index (χ3n) is 3.83. The summed E-state index contributed by atoms with van der Waals surface area (Å²) in [5.41, 5.74) is 7.11. The minimum absolute atomic E-state index is 0.221. The number of nitrogens with two attached hydrogens (primary N) is 1. The minimum atomic E-state index is 0.221. The highest BCUT2D eigenvalue weighted by molar-refractivity contribution is 5.76. The summed E-state index contributed by atoms with van der Waals surface area (Å²) < 4.78 is 0. The minimum Gasteiger partial charge on any atom is -0.346 e. The van der Waals surface area contributed by atoms with Crippen LogP contribution in [-0.4, -0.2) is 30.9 Å². The lowest BCUT2D eigenvalue weighted by atomic mass is 9.94. The standard InChI is InChI=1S/C18H30N2O/c1-15(2)12-17(14-19)13-18(21)20(3)11-7-10-16-8-5-4-6-9-16/h4-6,8-9,15,17H,7,10-14,19H2,1-3H3/t17-/m0/s1. The third-order valence-corrected chi connectivity index (χ3v) is 3.83. The molecule has 0 heterocycles. The summed E-state index contributed by atoms with van der Waals surface area (Å²) in [6, 6.07) is 10.4. The molecule has 0 aliphatic carbocycles. The van der Waals surface area contributed by atoms with E-state index >= 15 is 0 Å². The number of aryl methyl sites for hydroxylation is 1. The number of nitrogens with zero attached hydrogens (tertiary/aromatic N) is 1. The van der Waals surface area contributed by atoms with Gasteiger partial charge in [0.05, 0.1) is 0 Å². The summed E-state index contributed by atoms with van der Waals surface area (Å²) in [4.78, 5) is 14.1. The number of carbonyl (C=O) groups excluding carboxylic acids is 1. The number of benzene rings is 1. The Balaban J connectivity index is 2.30. The second-order valence-corrected chi connectivity index (χ2v) is 6.34. The molecule has 0 radical (unpaired) electrons. The summed E-state index contributed by atoms with van der Waals surface area (Å²) in [7, 11) is 1.90. The molecule has 0 saturated carbocycles. The van der Waals surface area contributed by atoms with Crippen LogP contribution in [0, 0.1) is 11.8 Å². The first-order valence-corrected chi connectivity index (χ1v) is 8.00. The van der Waals surface area contributed by atoms with E-state index in [0.29, 0.717) is 24.8 Å². The smallest absolute Gasteiger partial charge is 0.222 e. The molecule has 3 heteroatoms. The molecule has 0 unspecified atom stereocenters. The van der Waals surface area contributed by atoms with E-state index in [9.17, 15) is 4.79 Å². The normalized spacial score (nSPS) is 12.4. The van der Waals surface area contributed by atoms with Crippen molar-refractivity contribution in [3.05, 3.63) is 35.9 Å². The second-order valence-electron chi connectivity index (χ2n) is 6.34. The first-order valence-electron chi connectivity index (χ1n) is 8.00. The van der Waals surface area contributed by atoms with Gasteiger partial charge in [0.25, 0.3) is 0 Å². The van der Waals surface area contributed by atoms with Crippen LogP contribution >= 0.6 is 0 Å². The van der Waals surface area contributed by atoms with Gasteiger partial charge >= 0.3 is 0 Å². The Morgan fingerprint density at radius 2 is 1.90 bits per heavy atom. The highest BCUT2D eigenvalue weighted by Gasteiger charge is 2.16. The zero-order valence-corrected chi connectivity index (χ0v) is 13.7. The van der Waals surface area contributed by atoms with Crippen LogP contribution in [0.1, 0.15) is 38.7 Å². The van der Waals surface area contributed by atoms with Gasteiger partial charge in [0.2, 0.25) is 5.91 Å². The molecule has 0 saturated heterocycles. The average Bonchev–Trinajstić information content (AvgIpc) is 2.46. The SMILES string of the molecule is CC(C)C[C@H](CN)CC(=O)N(C)CCCc1ccccc1. The molecule has 118 valence electrons. The predicted octanol–water partition coefficient (Wildman–Crippen LogP) is 3.09. The predicted molar refractivity (Wildman–Crippen MR) is 89.0 cm³/mol. The molecule has 0 aliphatic heterocycles. The summed E-state index contributed by atoms with van der Waals surface area (Å²) in [6.07, 6.45) is 3.63. The van der Waals surface area contributed by atoms with Crippen LogP contribution in [0.15, 0.2) is 30.3 Å². The Bertz CT molecular complexity index is 403. The number of amides is 1. The Hall–Kier alpha value is -1.35. The van der Waals surface area contributed by atoms with Crippen LogP contribution in [-0.2, 0) is 11.2 Å². The van der Waals surface area contributed by atoms with Gasteiger partial charge in [-0.3, -0.25) is 4.79 Å². The monoisotopic (exact) mass is 290 g/mol. The van der Waals surface area contributed by atoms with Gasteiger partial charge in [0.1, 0.15) is 0 Å². The highest BCUT2D eigenvalue weighted by Crippen LogP contribution is 2.15. The van der Waals surface area contributed by atoms with Crippen LogP contribution in [0.25, 0.3) is 0 Å². The van der Waals surface area contributed by atoms with Gasteiger partial charge in [0.15, 0.2) is 0 Å². The molecule has 0 aliphatic rings. The van der Waals surface area contributed by atoms with Crippen molar-refractivity contribution in [1.29, 1.82) is 0 Å². The van der Waals surface area contributed by atoms with Crippen molar-refractivity contribution in [3.63, 3.8) is 0 Å². The van der Waals surface area contributed by atoms with E-state index in [1.54, 1.807) is 0 Å². The lowest BCUT2D eigenvalue weighted by Gasteiger charge is -2.22. The Morgan fingerprint density at radius 1 is 1.24 bits per heavy atom. The quantitative estimate of drug-likeness (QED) is 0.759. The molecule has 0 spiro atoms. The van der Waals surface area contributed by atoms with E-state index < -0.39 is 0 Å². The largest absolute Gasteiger partial charge is 0.346 e. The molecule has 1 atom stereocenters. The molecule has 1 aromatic carbocycles. The van der Waals surface area contributed by atoms with Crippen LogP contribution in [0.2, 0.25) is 0 Å². The first-order chi connectivity index (χ1) is 10.0. The number of rotatable bonds is 9. The fourth-order valence-electron chi connectivity index (χ4n) is 2.62. The summed E-state index contributed by atoms with van der Waals surface area (Å²) in [5.74, 6) is 1.13. The van der Waals surface area contributed by atoms with Crippen molar-refractivity contribution < 1.29 is 4.79 Å². The van der Waals surface area contributed by atoms with Crippen molar-refractivity contribution in [2.75, 3.05) is 20.1 Å². The van der Waals surface area contributed by atoms with Gasteiger partial charge < -0.3 is 10.6 Å². The Morgan fingerprint density at radius 3 is 2.48 bits per heavy atom. The van der Waals surface area contributed by atoms with Gasteiger partial charge in [-0.25, -0.2) is 0 Å².